The van der Waals surface area contributed by atoms with E-state index in [-0.39, 0.29) is 29.0 Å². The molecule has 23 heavy (non-hydrogen) atoms. The number of nitrogens with one attached hydrogen (secondary N) is 1. The molecule has 8 heteroatoms. The van der Waals surface area contributed by atoms with Crippen molar-refractivity contribution in [2.24, 2.45) is 0 Å². The summed E-state index contributed by atoms with van der Waals surface area (Å²) in [6, 6.07) is 2.91. The van der Waals surface area contributed by atoms with Crippen LogP contribution >= 0.6 is 0 Å². The van der Waals surface area contributed by atoms with Crippen molar-refractivity contribution in [2.75, 3.05) is 37.7 Å². The third-order valence-electron chi connectivity index (χ3n) is 4.61. The maximum absolute atomic E-state index is 13.2. The fourth-order valence-electron chi connectivity index (χ4n) is 3.38. The summed E-state index contributed by atoms with van der Waals surface area (Å²) in [5.41, 5.74) is 0.00870. The standard InChI is InChI=1S/C15H18F2N2O3S/c16-12-7-11(8-13(17)9-12)15(20)19-4-2-18(3-5-19)14-1-6-23(21,22)10-14/h7-9,14H,1-6,10H2/p+1/t14-/m0/s1. The number of amides is 1. The lowest BCUT2D eigenvalue weighted by molar-refractivity contribution is -0.925. The van der Waals surface area contributed by atoms with Gasteiger partial charge >= 0.3 is 0 Å². The minimum Gasteiger partial charge on any atom is -0.329 e. The van der Waals surface area contributed by atoms with Gasteiger partial charge in [-0.05, 0) is 12.1 Å². The summed E-state index contributed by atoms with van der Waals surface area (Å²) in [7, 11) is -2.91. The van der Waals surface area contributed by atoms with Crippen LogP contribution in [0, 0.1) is 11.6 Å². The summed E-state index contributed by atoms with van der Waals surface area (Å²) in [4.78, 5) is 15.1. The van der Waals surface area contributed by atoms with Crippen LogP contribution in [0.1, 0.15) is 16.8 Å². The summed E-state index contributed by atoms with van der Waals surface area (Å²) in [6.07, 6.45) is 0.667. The number of benzene rings is 1. The highest BCUT2D eigenvalue weighted by Gasteiger charge is 2.37. The van der Waals surface area contributed by atoms with Gasteiger partial charge in [0.05, 0.1) is 31.9 Å². The predicted molar refractivity (Wildman–Crippen MR) is 80.0 cm³/mol. The molecule has 1 aromatic rings. The first-order valence-corrected chi connectivity index (χ1v) is 9.46. The van der Waals surface area contributed by atoms with Crippen molar-refractivity contribution in [3.8, 4) is 0 Å². The summed E-state index contributed by atoms with van der Waals surface area (Å²) >= 11 is 0. The molecule has 2 aliphatic heterocycles. The van der Waals surface area contributed by atoms with Gasteiger partial charge in [-0.3, -0.25) is 4.79 Å². The van der Waals surface area contributed by atoms with Crippen LogP contribution in [0.3, 0.4) is 0 Å². The maximum atomic E-state index is 13.2. The molecule has 1 amide bonds. The van der Waals surface area contributed by atoms with Crippen molar-refractivity contribution in [1.82, 2.24) is 4.90 Å². The molecule has 1 N–H and O–H groups in total. The van der Waals surface area contributed by atoms with E-state index < -0.39 is 21.5 Å². The number of nitrogens with zero attached hydrogens (tertiary/aromatic N) is 1. The Morgan fingerprint density at radius 2 is 1.74 bits per heavy atom. The second-order valence-electron chi connectivity index (χ2n) is 6.21. The fraction of sp³-hybridized carbons (Fsp3) is 0.533. The molecular weight excluding hydrogens is 326 g/mol. The monoisotopic (exact) mass is 345 g/mol. The molecule has 2 aliphatic rings. The quantitative estimate of drug-likeness (QED) is 0.786. The van der Waals surface area contributed by atoms with Gasteiger partial charge in [0.25, 0.3) is 5.91 Å². The Morgan fingerprint density at radius 1 is 1.13 bits per heavy atom. The lowest BCUT2D eigenvalue weighted by Crippen LogP contribution is -3.18. The zero-order valence-corrected chi connectivity index (χ0v) is 13.4. The molecule has 0 saturated carbocycles. The Balaban J connectivity index is 1.61. The van der Waals surface area contributed by atoms with Crippen LogP contribution in [0.2, 0.25) is 0 Å². The highest BCUT2D eigenvalue weighted by Crippen LogP contribution is 2.12. The number of halogens is 2. The highest BCUT2D eigenvalue weighted by atomic mass is 32.2. The molecule has 2 saturated heterocycles. The van der Waals surface area contributed by atoms with Gasteiger partial charge in [0, 0.05) is 18.1 Å². The first-order chi connectivity index (χ1) is 10.8. The van der Waals surface area contributed by atoms with Crippen LogP contribution in [-0.4, -0.2) is 63.0 Å². The lowest BCUT2D eigenvalue weighted by atomic mass is 10.1. The zero-order valence-electron chi connectivity index (χ0n) is 12.6. The fourth-order valence-corrected chi connectivity index (χ4v) is 5.21. The lowest BCUT2D eigenvalue weighted by Gasteiger charge is -2.35. The maximum Gasteiger partial charge on any atom is 0.254 e. The van der Waals surface area contributed by atoms with Crippen LogP contribution in [0.15, 0.2) is 18.2 Å². The molecule has 0 aromatic heterocycles. The molecule has 0 unspecified atom stereocenters. The number of carbonyl (C=O) groups excluding carboxylic acids is 1. The van der Waals surface area contributed by atoms with Crippen LogP contribution < -0.4 is 4.90 Å². The van der Waals surface area contributed by atoms with E-state index >= 15 is 0 Å². The third kappa shape index (κ3) is 3.69. The third-order valence-corrected chi connectivity index (χ3v) is 6.38. The Morgan fingerprint density at radius 3 is 2.26 bits per heavy atom. The number of hydrogen-bond acceptors (Lipinski definition) is 3. The second-order valence-corrected chi connectivity index (χ2v) is 8.44. The average Bonchev–Trinajstić information content (AvgIpc) is 2.86. The molecule has 0 bridgehead atoms. The summed E-state index contributed by atoms with van der Waals surface area (Å²) in [5, 5.41) is 0. The van der Waals surface area contributed by atoms with Crippen molar-refractivity contribution in [3.63, 3.8) is 0 Å². The molecule has 5 nitrogen and oxygen atoms in total. The molecule has 2 fully saturated rings. The minimum atomic E-state index is -2.91. The molecule has 0 aliphatic carbocycles. The van der Waals surface area contributed by atoms with Gasteiger partial charge in [0.15, 0.2) is 9.84 Å². The van der Waals surface area contributed by atoms with Crippen molar-refractivity contribution < 1.29 is 26.9 Å². The Hall–Kier alpha value is -1.54. The second kappa shape index (κ2) is 6.16. The van der Waals surface area contributed by atoms with Gasteiger partial charge in [-0.1, -0.05) is 0 Å². The summed E-state index contributed by atoms with van der Waals surface area (Å²) in [5.74, 6) is -1.47. The molecule has 1 atom stereocenters. The van der Waals surface area contributed by atoms with E-state index in [0.717, 1.165) is 18.2 Å². The number of piperazine rings is 1. The molecule has 2 heterocycles. The molecule has 1 aromatic carbocycles. The minimum absolute atomic E-state index is 0.00870. The number of quaternary nitrogens is 1. The zero-order chi connectivity index (χ0) is 16.6. The molecule has 3 rings (SSSR count). The van der Waals surface area contributed by atoms with Crippen LogP contribution in [-0.2, 0) is 9.84 Å². The predicted octanol–water partition coefficient (Wildman–Crippen LogP) is -0.507. The van der Waals surface area contributed by atoms with Gasteiger partial charge < -0.3 is 9.80 Å². The molecule has 126 valence electrons. The topological polar surface area (TPSA) is 58.9 Å². The van der Waals surface area contributed by atoms with Crippen molar-refractivity contribution in [1.29, 1.82) is 0 Å². The van der Waals surface area contributed by atoms with E-state index in [1.165, 1.54) is 4.90 Å². The van der Waals surface area contributed by atoms with E-state index in [0.29, 0.717) is 32.6 Å². The average molecular weight is 345 g/mol. The van der Waals surface area contributed by atoms with E-state index in [4.69, 9.17) is 0 Å². The molecular formula is C15H19F2N2O3S+. The normalized spacial score (nSPS) is 24.8. The Bertz CT molecular complexity index is 695. The Kier molecular flexibility index (Phi) is 4.37. The van der Waals surface area contributed by atoms with Gasteiger partial charge in [-0.15, -0.1) is 0 Å². The van der Waals surface area contributed by atoms with Gasteiger partial charge in [-0.2, -0.15) is 0 Å². The number of hydrogen-bond donors (Lipinski definition) is 1. The number of rotatable bonds is 2. The van der Waals surface area contributed by atoms with Crippen molar-refractivity contribution in [3.05, 3.63) is 35.4 Å². The van der Waals surface area contributed by atoms with Gasteiger partial charge in [-0.25, -0.2) is 17.2 Å². The van der Waals surface area contributed by atoms with Crippen molar-refractivity contribution in [2.45, 2.75) is 12.5 Å². The summed E-state index contributed by atoms with van der Waals surface area (Å²) < 4.78 is 49.6. The van der Waals surface area contributed by atoms with E-state index in [1.807, 2.05) is 0 Å². The van der Waals surface area contributed by atoms with Crippen molar-refractivity contribution >= 4 is 15.7 Å². The SMILES string of the molecule is O=C(c1cc(F)cc(F)c1)N1CC[NH+]([C@H]2CCS(=O)(=O)C2)CC1. The van der Waals surface area contributed by atoms with Gasteiger partial charge in [0.2, 0.25) is 0 Å². The smallest absolute Gasteiger partial charge is 0.254 e. The van der Waals surface area contributed by atoms with E-state index in [9.17, 15) is 22.0 Å². The number of sulfone groups is 1. The first kappa shape index (κ1) is 16.3. The summed E-state index contributed by atoms with van der Waals surface area (Å²) in [6.45, 7) is 2.24. The van der Waals surface area contributed by atoms with Gasteiger partial charge in [0.1, 0.15) is 23.4 Å². The van der Waals surface area contributed by atoms with E-state index in [2.05, 4.69) is 0 Å². The van der Waals surface area contributed by atoms with Crippen LogP contribution in [0.5, 0.6) is 0 Å². The first-order valence-electron chi connectivity index (χ1n) is 7.64. The Labute approximate surface area is 133 Å². The highest BCUT2D eigenvalue weighted by molar-refractivity contribution is 7.91. The van der Waals surface area contributed by atoms with Crippen LogP contribution in [0.25, 0.3) is 0 Å². The molecule has 0 radical (unpaired) electrons. The molecule has 0 spiro atoms. The number of carbonyl (C=O) groups is 1. The van der Waals surface area contributed by atoms with E-state index in [1.54, 1.807) is 4.90 Å². The van der Waals surface area contributed by atoms with Crippen LogP contribution in [0.4, 0.5) is 8.78 Å². The largest absolute Gasteiger partial charge is 0.329 e.